The third-order valence-electron chi connectivity index (χ3n) is 3.58. The molecular weight excluding hydrogens is 244 g/mol. The third-order valence-corrected chi connectivity index (χ3v) is 4.84. The van der Waals surface area contributed by atoms with Gasteiger partial charge in [-0.2, -0.15) is 0 Å². The van der Waals surface area contributed by atoms with E-state index in [1.165, 1.54) is 11.3 Å². The quantitative estimate of drug-likeness (QED) is 0.844. The zero-order valence-corrected chi connectivity index (χ0v) is 11.2. The second-order valence-electron chi connectivity index (χ2n) is 4.87. The maximum atomic E-state index is 12.4. The van der Waals surface area contributed by atoms with Gasteiger partial charge in [0.05, 0.1) is 0 Å². The highest BCUT2D eigenvalue weighted by atomic mass is 32.2. The molecule has 0 bridgehead atoms. The maximum absolute atomic E-state index is 12.4. The Morgan fingerprint density at radius 1 is 1.22 bits per heavy atom. The van der Waals surface area contributed by atoms with E-state index in [0.717, 1.165) is 38.2 Å². The van der Waals surface area contributed by atoms with Crippen LogP contribution in [0.5, 0.6) is 0 Å². The molecule has 3 nitrogen and oxygen atoms in total. The molecule has 2 aliphatic heterocycles. The molecule has 1 atom stereocenters. The second kappa shape index (κ2) is 5.22. The van der Waals surface area contributed by atoms with E-state index in [1.807, 2.05) is 17.0 Å². The Labute approximate surface area is 112 Å². The van der Waals surface area contributed by atoms with Crippen LogP contribution >= 0.6 is 11.8 Å². The van der Waals surface area contributed by atoms with Gasteiger partial charge in [0.15, 0.2) is 0 Å². The summed E-state index contributed by atoms with van der Waals surface area (Å²) in [5, 5.41) is 3.40. The number of nitrogens with zero attached hydrogens (tertiary/aromatic N) is 1. The summed E-state index contributed by atoms with van der Waals surface area (Å²) >= 11 is 1.71. The lowest BCUT2D eigenvalue weighted by Gasteiger charge is -2.32. The third kappa shape index (κ3) is 2.34. The number of carbonyl (C=O) groups is 1. The summed E-state index contributed by atoms with van der Waals surface area (Å²) in [5.41, 5.74) is 1.16. The molecule has 1 aromatic rings. The van der Waals surface area contributed by atoms with Crippen molar-refractivity contribution in [2.45, 2.75) is 29.4 Å². The molecule has 18 heavy (non-hydrogen) atoms. The number of carbonyl (C=O) groups excluding carboxylic acids is 1. The maximum Gasteiger partial charge on any atom is 0.237 e. The van der Waals surface area contributed by atoms with Crippen molar-refractivity contribution in [1.29, 1.82) is 0 Å². The molecule has 0 aliphatic carbocycles. The van der Waals surface area contributed by atoms with Crippen molar-refractivity contribution in [2.75, 3.05) is 25.0 Å². The van der Waals surface area contributed by atoms with Crippen molar-refractivity contribution in [3.05, 3.63) is 24.3 Å². The molecule has 0 spiro atoms. The Bertz CT molecular complexity index is 443. The van der Waals surface area contributed by atoms with Crippen molar-refractivity contribution in [3.63, 3.8) is 0 Å². The zero-order chi connectivity index (χ0) is 12.4. The Morgan fingerprint density at radius 2 is 2.00 bits per heavy atom. The Hall–Kier alpha value is -1.16. The molecule has 0 aromatic heterocycles. The number of hydrogen-bond acceptors (Lipinski definition) is 3. The number of nitrogens with one attached hydrogen (secondary N) is 1. The van der Waals surface area contributed by atoms with E-state index in [1.54, 1.807) is 11.8 Å². The average molecular weight is 262 g/mol. The van der Waals surface area contributed by atoms with Crippen LogP contribution in [-0.2, 0) is 4.79 Å². The molecule has 2 heterocycles. The van der Waals surface area contributed by atoms with Crippen LogP contribution in [0, 0.1) is 0 Å². The summed E-state index contributed by atoms with van der Waals surface area (Å²) in [6.45, 7) is 2.63. The summed E-state index contributed by atoms with van der Waals surface area (Å²) in [6, 6.07) is 8.22. The molecule has 2 aliphatic rings. The number of anilines is 1. The minimum atomic E-state index is 0.0398. The number of fused-ring (bicyclic) bond motifs is 1. The molecule has 1 fully saturated rings. The lowest BCUT2D eigenvalue weighted by molar-refractivity contribution is -0.131. The molecule has 1 N–H and O–H groups in total. The van der Waals surface area contributed by atoms with Gasteiger partial charge in [0.2, 0.25) is 5.91 Å². The highest BCUT2D eigenvalue weighted by molar-refractivity contribution is 8.00. The van der Waals surface area contributed by atoms with Crippen LogP contribution in [0.2, 0.25) is 0 Å². The normalized spacial score (nSPS) is 23.1. The minimum Gasteiger partial charge on any atom is -0.382 e. The van der Waals surface area contributed by atoms with Crippen LogP contribution in [0.15, 0.2) is 29.2 Å². The van der Waals surface area contributed by atoms with E-state index in [4.69, 9.17) is 0 Å². The first-order valence-electron chi connectivity index (χ1n) is 6.63. The molecule has 0 unspecified atom stereocenters. The van der Waals surface area contributed by atoms with E-state index < -0.39 is 0 Å². The van der Waals surface area contributed by atoms with E-state index >= 15 is 0 Å². The van der Waals surface area contributed by atoms with Crippen molar-refractivity contribution in [3.8, 4) is 0 Å². The van der Waals surface area contributed by atoms with Crippen molar-refractivity contribution in [1.82, 2.24) is 4.90 Å². The fraction of sp³-hybridized carbons (Fsp3) is 0.500. The van der Waals surface area contributed by atoms with E-state index in [-0.39, 0.29) is 5.25 Å². The highest BCUT2D eigenvalue weighted by Gasteiger charge is 2.29. The number of hydrogen-bond donors (Lipinski definition) is 1. The number of thioether (sulfide) groups is 1. The minimum absolute atomic E-state index is 0.0398. The van der Waals surface area contributed by atoms with Gasteiger partial charge in [0.1, 0.15) is 5.25 Å². The monoisotopic (exact) mass is 262 g/mol. The van der Waals surface area contributed by atoms with E-state index in [0.29, 0.717) is 5.91 Å². The Kier molecular flexibility index (Phi) is 3.46. The van der Waals surface area contributed by atoms with E-state index in [2.05, 4.69) is 17.4 Å². The van der Waals surface area contributed by atoms with Crippen LogP contribution in [0.1, 0.15) is 19.3 Å². The van der Waals surface area contributed by atoms with Crippen molar-refractivity contribution in [2.24, 2.45) is 0 Å². The Morgan fingerprint density at radius 3 is 2.83 bits per heavy atom. The molecule has 96 valence electrons. The molecule has 3 rings (SSSR count). The molecule has 1 aromatic carbocycles. The van der Waals surface area contributed by atoms with Gasteiger partial charge in [0.25, 0.3) is 0 Å². The van der Waals surface area contributed by atoms with Crippen molar-refractivity contribution < 1.29 is 4.79 Å². The highest BCUT2D eigenvalue weighted by Crippen LogP contribution is 2.35. The number of likely N-dealkylation sites (tertiary alicyclic amines) is 1. The van der Waals surface area contributed by atoms with Crippen LogP contribution in [0.25, 0.3) is 0 Å². The fourth-order valence-corrected chi connectivity index (χ4v) is 3.72. The molecule has 1 amide bonds. The predicted octanol–water partition coefficient (Wildman–Crippen LogP) is 2.59. The second-order valence-corrected chi connectivity index (χ2v) is 6.11. The van der Waals surface area contributed by atoms with Crippen LogP contribution in [0.3, 0.4) is 0 Å². The number of benzene rings is 1. The molecule has 0 saturated carbocycles. The first-order valence-corrected chi connectivity index (χ1v) is 7.51. The largest absolute Gasteiger partial charge is 0.382 e. The summed E-state index contributed by atoms with van der Waals surface area (Å²) in [6.07, 6.45) is 3.59. The first-order chi connectivity index (χ1) is 8.84. The van der Waals surface area contributed by atoms with Gasteiger partial charge in [-0.1, -0.05) is 12.1 Å². The predicted molar refractivity (Wildman–Crippen MR) is 75.0 cm³/mol. The average Bonchev–Trinajstić information content (AvgIpc) is 2.47. The van der Waals surface area contributed by atoms with Gasteiger partial charge < -0.3 is 10.2 Å². The molecule has 0 radical (unpaired) electrons. The molecule has 4 heteroatoms. The number of amides is 1. The van der Waals surface area contributed by atoms with Gasteiger partial charge in [-0.15, -0.1) is 11.8 Å². The van der Waals surface area contributed by atoms with Gasteiger partial charge in [-0.25, -0.2) is 0 Å². The number of rotatable bonds is 1. The smallest absolute Gasteiger partial charge is 0.237 e. The van der Waals surface area contributed by atoms with Gasteiger partial charge in [-0.3, -0.25) is 4.79 Å². The molecule has 1 saturated heterocycles. The van der Waals surface area contributed by atoms with Gasteiger partial charge >= 0.3 is 0 Å². The standard InChI is InChI=1S/C14H18N2OS/c17-14(16-8-4-1-5-9-16)13-10-15-11-6-2-3-7-12(11)18-13/h2-3,6-7,13,15H,1,4-5,8-10H2/t13-/m0/s1. The lowest BCUT2D eigenvalue weighted by atomic mass is 10.1. The Balaban J connectivity index is 1.69. The van der Waals surface area contributed by atoms with Gasteiger partial charge in [-0.05, 0) is 31.4 Å². The summed E-state index contributed by atoms with van der Waals surface area (Å²) in [7, 11) is 0. The topological polar surface area (TPSA) is 32.3 Å². The van der Waals surface area contributed by atoms with Crippen LogP contribution in [-0.4, -0.2) is 35.7 Å². The summed E-state index contributed by atoms with van der Waals surface area (Å²) in [5.74, 6) is 0.307. The zero-order valence-electron chi connectivity index (χ0n) is 10.4. The summed E-state index contributed by atoms with van der Waals surface area (Å²) < 4.78 is 0. The lowest BCUT2D eigenvalue weighted by Crippen LogP contribution is -2.44. The van der Waals surface area contributed by atoms with Crippen LogP contribution < -0.4 is 5.32 Å². The molecular formula is C14H18N2OS. The number of para-hydroxylation sites is 1. The van der Waals surface area contributed by atoms with Crippen molar-refractivity contribution >= 4 is 23.4 Å². The van der Waals surface area contributed by atoms with E-state index in [9.17, 15) is 4.79 Å². The number of piperidine rings is 1. The first kappa shape index (κ1) is 11.9. The van der Waals surface area contributed by atoms with Gasteiger partial charge in [0, 0.05) is 30.2 Å². The SMILES string of the molecule is O=C([C@@H]1CNc2ccccc2S1)N1CCCCC1. The summed E-state index contributed by atoms with van der Waals surface area (Å²) in [4.78, 5) is 15.7. The fourth-order valence-electron chi connectivity index (χ4n) is 2.57. The van der Waals surface area contributed by atoms with Crippen LogP contribution in [0.4, 0.5) is 5.69 Å².